The Kier molecular flexibility index (Phi) is 6.62. The van der Waals surface area contributed by atoms with E-state index in [1.807, 2.05) is 34.6 Å². The van der Waals surface area contributed by atoms with Gasteiger partial charge in [-0.05, 0) is 26.7 Å². The molecule has 0 aromatic rings. The molecular formula is C15H30N4O3. The van der Waals surface area contributed by atoms with Crippen LogP contribution in [-0.4, -0.2) is 54.4 Å². The van der Waals surface area contributed by atoms with Crippen molar-refractivity contribution in [3.8, 4) is 0 Å². The maximum Gasteiger partial charge on any atom is 0.315 e. The van der Waals surface area contributed by atoms with Gasteiger partial charge in [-0.3, -0.25) is 4.79 Å². The average Bonchev–Trinajstić information content (AvgIpc) is 2.76. The Bertz CT molecular complexity index is 393. The lowest BCUT2D eigenvalue weighted by molar-refractivity contribution is -0.124. The number of hydrogen-bond donors (Lipinski definition) is 5. The van der Waals surface area contributed by atoms with Gasteiger partial charge in [-0.2, -0.15) is 0 Å². The van der Waals surface area contributed by atoms with Crippen LogP contribution < -0.4 is 21.3 Å². The first kappa shape index (κ1) is 18.7. The summed E-state index contributed by atoms with van der Waals surface area (Å²) in [6.45, 7) is 11.1. The van der Waals surface area contributed by atoms with Gasteiger partial charge in [-0.1, -0.05) is 13.8 Å². The first-order valence-electron chi connectivity index (χ1n) is 7.85. The molecule has 0 saturated carbocycles. The minimum atomic E-state index is -0.603. The van der Waals surface area contributed by atoms with E-state index < -0.39 is 12.1 Å². The Morgan fingerprint density at radius 2 is 1.91 bits per heavy atom. The monoisotopic (exact) mass is 314 g/mol. The summed E-state index contributed by atoms with van der Waals surface area (Å²) in [5.74, 6) is -0.240. The summed E-state index contributed by atoms with van der Waals surface area (Å²) in [4.78, 5) is 24.2. The predicted molar refractivity (Wildman–Crippen MR) is 85.4 cm³/mol. The van der Waals surface area contributed by atoms with Gasteiger partial charge in [0.2, 0.25) is 5.91 Å². The maximum absolute atomic E-state index is 12.3. The zero-order valence-corrected chi connectivity index (χ0v) is 14.2. The number of urea groups is 1. The van der Waals surface area contributed by atoms with Crippen LogP contribution in [0.4, 0.5) is 4.79 Å². The number of aliphatic hydroxyl groups excluding tert-OH is 1. The molecule has 1 aliphatic heterocycles. The fourth-order valence-corrected chi connectivity index (χ4v) is 2.32. The van der Waals surface area contributed by atoms with Gasteiger partial charge in [0.1, 0.15) is 6.04 Å². The van der Waals surface area contributed by atoms with E-state index >= 15 is 0 Å². The number of β-amino-alcohol motifs (C(OH)–C–C–N with tert-alkyl or cyclic N) is 1. The van der Waals surface area contributed by atoms with Crippen LogP contribution in [0.1, 0.15) is 34.6 Å². The van der Waals surface area contributed by atoms with Gasteiger partial charge in [-0.25, -0.2) is 4.79 Å². The summed E-state index contributed by atoms with van der Waals surface area (Å²) in [5.41, 5.74) is -0.359. The van der Waals surface area contributed by atoms with Crippen molar-refractivity contribution in [2.24, 2.45) is 11.8 Å². The third-order valence-electron chi connectivity index (χ3n) is 3.57. The van der Waals surface area contributed by atoms with E-state index in [1.54, 1.807) is 0 Å². The van der Waals surface area contributed by atoms with Crippen LogP contribution in [0.3, 0.4) is 0 Å². The second-order valence-corrected chi connectivity index (χ2v) is 7.30. The lowest BCUT2D eigenvalue weighted by Crippen LogP contribution is -2.56. The van der Waals surface area contributed by atoms with Crippen molar-refractivity contribution in [3.05, 3.63) is 0 Å². The molecule has 128 valence electrons. The summed E-state index contributed by atoms with van der Waals surface area (Å²) in [5, 5.41) is 21.1. The summed E-state index contributed by atoms with van der Waals surface area (Å²) in [6.07, 6.45) is -0.435. The molecule has 3 amide bonds. The molecule has 1 fully saturated rings. The van der Waals surface area contributed by atoms with Gasteiger partial charge in [0, 0.05) is 31.1 Å². The van der Waals surface area contributed by atoms with Crippen molar-refractivity contribution in [3.63, 3.8) is 0 Å². The highest BCUT2D eigenvalue weighted by Gasteiger charge is 2.29. The molecule has 0 bridgehead atoms. The molecule has 0 aromatic carbocycles. The van der Waals surface area contributed by atoms with Gasteiger partial charge < -0.3 is 26.4 Å². The summed E-state index contributed by atoms with van der Waals surface area (Å²) >= 11 is 0. The quantitative estimate of drug-likeness (QED) is 0.485. The lowest BCUT2D eigenvalue weighted by Gasteiger charge is -2.26. The van der Waals surface area contributed by atoms with Crippen molar-refractivity contribution in [1.29, 1.82) is 0 Å². The number of amides is 3. The molecule has 0 aliphatic carbocycles. The van der Waals surface area contributed by atoms with Gasteiger partial charge >= 0.3 is 6.03 Å². The van der Waals surface area contributed by atoms with Crippen LogP contribution in [0.15, 0.2) is 0 Å². The number of aliphatic hydroxyl groups is 1. The summed E-state index contributed by atoms with van der Waals surface area (Å²) in [6, 6.07) is -0.960. The Hall–Kier alpha value is -1.34. The van der Waals surface area contributed by atoms with E-state index in [2.05, 4.69) is 21.3 Å². The molecule has 1 rings (SSSR count). The van der Waals surface area contributed by atoms with Crippen LogP contribution in [0, 0.1) is 11.8 Å². The zero-order valence-electron chi connectivity index (χ0n) is 14.2. The summed E-state index contributed by atoms with van der Waals surface area (Å²) in [7, 11) is 0. The molecule has 5 N–H and O–H groups in total. The molecule has 0 spiro atoms. The minimum absolute atomic E-state index is 0.0140. The lowest BCUT2D eigenvalue weighted by atomic mass is 10.0. The number of hydrogen-bond acceptors (Lipinski definition) is 4. The third-order valence-corrected chi connectivity index (χ3v) is 3.57. The highest BCUT2D eigenvalue weighted by Crippen LogP contribution is 2.08. The normalized spacial score (nSPS) is 23.2. The van der Waals surface area contributed by atoms with Gasteiger partial charge in [0.05, 0.1) is 6.10 Å². The molecular weight excluding hydrogens is 284 g/mol. The smallest absolute Gasteiger partial charge is 0.315 e. The van der Waals surface area contributed by atoms with E-state index in [4.69, 9.17) is 0 Å². The molecule has 2 unspecified atom stereocenters. The van der Waals surface area contributed by atoms with Crippen molar-refractivity contribution in [2.45, 2.75) is 52.3 Å². The number of rotatable bonds is 5. The highest BCUT2D eigenvalue weighted by molar-refractivity contribution is 5.87. The topological polar surface area (TPSA) is 102 Å². The van der Waals surface area contributed by atoms with Crippen LogP contribution in [0.25, 0.3) is 0 Å². The molecule has 3 atom stereocenters. The maximum atomic E-state index is 12.3. The fourth-order valence-electron chi connectivity index (χ4n) is 2.32. The number of carbonyl (C=O) groups excluding carboxylic acids is 2. The Morgan fingerprint density at radius 3 is 2.36 bits per heavy atom. The number of carbonyl (C=O) groups is 2. The van der Waals surface area contributed by atoms with E-state index in [1.165, 1.54) is 0 Å². The third kappa shape index (κ3) is 6.19. The van der Waals surface area contributed by atoms with E-state index in [0.717, 1.165) is 0 Å². The van der Waals surface area contributed by atoms with Crippen molar-refractivity contribution in [2.75, 3.05) is 19.6 Å². The zero-order chi connectivity index (χ0) is 16.9. The van der Waals surface area contributed by atoms with Gasteiger partial charge in [-0.15, -0.1) is 0 Å². The van der Waals surface area contributed by atoms with Gasteiger partial charge in [0.15, 0.2) is 0 Å². The van der Waals surface area contributed by atoms with E-state index in [-0.39, 0.29) is 29.3 Å². The summed E-state index contributed by atoms with van der Waals surface area (Å²) < 4.78 is 0. The fraction of sp³-hybridized carbons (Fsp3) is 0.867. The molecule has 7 heteroatoms. The van der Waals surface area contributed by atoms with Crippen LogP contribution in [-0.2, 0) is 4.79 Å². The van der Waals surface area contributed by atoms with Crippen LogP contribution in [0.5, 0.6) is 0 Å². The van der Waals surface area contributed by atoms with E-state index in [0.29, 0.717) is 19.6 Å². The Labute approximate surface area is 132 Å². The minimum Gasteiger partial charge on any atom is -0.391 e. The molecule has 1 aliphatic rings. The van der Waals surface area contributed by atoms with Crippen molar-refractivity contribution >= 4 is 11.9 Å². The molecule has 0 aromatic heterocycles. The SMILES string of the molecule is CC(C)[C@H](NC(=O)NC(C)(C)C)C(=O)NCC1CNCC1O. The largest absolute Gasteiger partial charge is 0.391 e. The van der Waals surface area contributed by atoms with Crippen LogP contribution >= 0.6 is 0 Å². The molecule has 0 radical (unpaired) electrons. The van der Waals surface area contributed by atoms with Crippen LogP contribution in [0.2, 0.25) is 0 Å². The molecule has 7 nitrogen and oxygen atoms in total. The second kappa shape index (κ2) is 7.78. The Morgan fingerprint density at radius 1 is 1.27 bits per heavy atom. The van der Waals surface area contributed by atoms with E-state index in [9.17, 15) is 14.7 Å². The first-order valence-corrected chi connectivity index (χ1v) is 7.85. The Balaban J connectivity index is 2.51. The predicted octanol–water partition coefficient (Wildman–Crippen LogP) is -0.195. The molecule has 1 heterocycles. The first-order chi connectivity index (χ1) is 10.1. The second-order valence-electron chi connectivity index (χ2n) is 7.30. The van der Waals surface area contributed by atoms with Crippen molar-refractivity contribution in [1.82, 2.24) is 21.3 Å². The van der Waals surface area contributed by atoms with Gasteiger partial charge in [0.25, 0.3) is 0 Å². The highest BCUT2D eigenvalue weighted by atomic mass is 16.3. The number of nitrogens with one attached hydrogen (secondary N) is 4. The van der Waals surface area contributed by atoms with Crippen molar-refractivity contribution < 1.29 is 14.7 Å². The molecule has 22 heavy (non-hydrogen) atoms. The molecule has 1 saturated heterocycles. The average molecular weight is 314 g/mol. The standard InChI is InChI=1S/C15H30N4O3/c1-9(2)12(18-14(22)19-15(3,4)5)13(21)17-7-10-6-16-8-11(10)20/h9-12,16,20H,6-8H2,1-5H3,(H,17,21)(H2,18,19,22)/t10?,11?,12-/m0/s1.